The number of ether oxygens (including phenoxy) is 3. The van der Waals surface area contributed by atoms with E-state index in [1.54, 1.807) is 0 Å². The van der Waals surface area contributed by atoms with Crippen molar-refractivity contribution >= 4 is 46.0 Å². The van der Waals surface area contributed by atoms with Crippen molar-refractivity contribution in [3.8, 4) is 17.2 Å². The van der Waals surface area contributed by atoms with E-state index in [-0.39, 0.29) is 39.6 Å². The predicted molar refractivity (Wildman–Crippen MR) is 128 cm³/mol. The van der Waals surface area contributed by atoms with Gasteiger partial charge in [0.1, 0.15) is 23.0 Å². The fourth-order valence-electron chi connectivity index (χ4n) is 3.76. The minimum atomic E-state index is -1.26. The Morgan fingerprint density at radius 1 is 1.14 bits per heavy atom. The predicted octanol–water partition coefficient (Wildman–Crippen LogP) is 4.35. The Bertz CT molecular complexity index is 1420. The fourth-order valence-corrected chi connectivity index (χ4v) is 3.96. The van der Waals surface area contributed by atoms with Crippen molar-refractivity contribution in [2.45, 2.75) is 31.8 Å². The molecule has 186 valence electrons. The van der Waals surface area contributed by atoms with Crippen molar-refractivity contribution < 1.29 is 33.0 Å². The molecule has 0 unspecified atom stereocenters. The molecule has 2 aliphatic rings. The summed E-state index contributed by atoms with van der Waals surface area (Å²) in [5.41, 5.74) is 4.72. The maximum Gasteiger partial charge on any atom is 0.321 e. The number of primary amides is 1. The molecule has 2 saturated carbocycles. The number of methoxy groups -OCH3 is 1. The lowest BCUT2D eigenvalue weighted by Gasteiger charge is -2.16. The maximum atomic E-state index is 15.0. The molecular formula is C25H21ClFN3O6. The number of esters is 1. The van der Waals surface area contributed by atoms with Crippen molar-refractivity contribution in [3.05, 3.63) is 52.9 Å². The van der Waals surface area contributed by atoms with E-state index in [1.165, 1.54) is 37.6 Å². The van der Waals surface area contributed by atoms with Gasteiger partial charge in [0.05, 0.1) is 28.9 Å². The van der Waals surface area contributed by atoms with E-state index in [1.807, 2.05) is 0 Å². The number of hydrogen-bond donors (Lipinski definition) is 2. The summed E-state index contributed by atoms with van der Waals surface area (Å²) in [6.07, 6.45) is 3.64. The van der Waals surface area contributed by atoms with E-state index in [4.69, 9.17) is 31.5 Å². The van der Waals surface area contributed by atoms with Crippen molar-refractivity contribution in [3.63, 3.8) is 0 Å². The first kappa shape index (κ1) is 23.8. The van der Waals surface area contributed by atoms with Crippen LogP contribution in [0.15, 0.2) is 36.5 Å². The molecule has 5 rings (SSSR count). The molecule has 11 heteroatoms. The molecule has 2 fully saturated rings. The second-order valence-electron chi connectivity index (χ2n) is 8.75. The molecule has 1 heterocycles. The van der Waals surface area contributed by atoms with Crippen molar-refractivity contribution in [1.82, 2.24) is 4.98 Å². The van der Waals surface area contributed by atoms with E-state index in [9.17, 15) is 14.4 Å². The topological polar surface area (TPSA) is 130 Å². The van der Waals surface area contributed by atoms with E-state index < -0.39 is 29.0 Å². The van der Waals surface area contributed by atoms with Gasteiger partial charge >= 0.3 is 5.97 Å². The Balaban J connectivity index is 1.40. The molecule has 0 saturated heterocycles. The third kappa shape index (κ3) is 4.39. The quantitative estimate of drug-likeness (QED) is 0.338. The van der Waals surface area contributed by atoms with E-state index in [0.717, 1.165) is 18.9 Å². The number of hydrogen-bond acceptors (Lipinski definition) is 7. The van der Waals surface area contributed by atoms with Crippen LogP contribution < -0.4 is 20.5 Å². The number of rotatable bonds is 8. The van der Waals surface area contributed by atoms with Crippen molar-refractivity contribution in [1.29, 1.82) is 0 Å². The monoisotopic (exact) mass is 513 g/mol. The highest BCUT2D eigenvalue weighted by molar-refractivity contribution is 6.34. The van der Waals surface area contributed by atoms with Gasteiger partial charge in [0.25, 0.3) is 5.91 Å². The van der Waals surface area contributed by atoms with E-state index >= 15 is 4.39 Å². The summed E-state index contributed by atoms with van der Waals surface area (Å²) in [6.45, 7) is 0. The van der Waals surface area contributed by atoms with Crippen LogP contribution in [0.5, 0.6) is 17.2 Å². The Morgan fingerprint density at radius 2 is 1.89 bits per heavy atom. The lowest BCUT2D eigenvalue weighted by Crippen LogP contribution is -2.33. The van der Waals surface area contributed by atoms with Gasteiger partial charge in [0.2, 0.25) is 5.91 Å². The number of amides is 2. The molecule has 3 N–H and O–H groups in total. The minimum Gasteiger partial charge on any atom is -0.496 e. The molecule has 0 atom stereocenters. The highest BCUT2D eigenvalue weighted by Crippen LogP contribution is 2.49. The van der Waals surface area contributed by atoms with Crippen LogP contribution in [0.1, 0.15) is 36.0 Å². The molecule has 0 spiro atoms. The number of pyridine rings is 1. The van der Waals surface area contributed by atoms with Gasteiger partial charge in [0, 0.05) is 29.8 Å². The molecule has 1 aromatic heterocycles. The van der Waals surface area contributed by atoms with Gasteiger partial charge in [-0.3, -0.25) is 19.4 Å². The number of nitrogens with two attached hydrogens (primary N) is 1. The zero-order valence-corrected chi connectivity index (χ0v) is 19.9. The van der Waals surface area contributed by atoms with Crippen LogP contribution in [-0.2, 0) is 14.3 Å². The average molecular weight is 514 g/mol. The van der Waals surface area contributed by atoms with Gasteiger partial charge in [-0.2, -0.15) is 0 Å². The van der Waals surface area contributed by atoms with Crippen LogP contribution in [0.2, 0.25) is 5.02 Å². The summed E-state index contributed by atoms with van der Waals surface area (Å²) in [7, 11) is 1.40. The Kier molecular flexibility index (Phi) is 5.91. The molecule has 0 aliphatic heterocycles. The van der Waals surface area contributed by atoms with Crippen molar-refractivity contribution in [2.24, 2.45) is 11.1 Å². The van der Waals surface area contributed by atoms with Gasteiger partial charge in [-0.1, -0.05) is 11.6 Å². The van der Waals surface area contributed by atoms with Gasteiger partial charge < -0.3 is 25.3 Å². The molecular weight excluding hydrogens is 493 g/mol. The van der Waals surface area contributed by atoms with E-state index in [0.29, 0.717) is 23.7 Å². The first-order valence-electron chi connectivity index (χ1n) is 11.2. The summed E-state index contributed by atoms with van der Waals surface area (Å²) in [4.78, 5) is 41.2. The van der Waals surface area contributed by atoms with Gasteiger partial charge in [0.15, 0.2) is 11.6 Å². The normalized spacial score (nSPS) is 15.8. The van der Waals surface area contributed by atoms with Crippen molar-refractivity contribution in [2.75, 3.05) is 12.4 Å². The van der Waals surface area contributed by atoms with Crippen LogP contribution in [0.4, 0.5) is 10.1 Å². The molecule has 0 bridgehead atoms. The number of aromatic nitrogens is 1. The van der Waals surface area contributed by atoms with Crippen LogP contribution in [0.25, 0.3) is 10.9 Å². The number of carbonyl (C=O) groups is 3. The molecule has 2 aromatic carbocycles. The number of nitrogens with one attached hydrogen (secondary N) is 1. The summed E-state index contributed by atoms with van der Waals surface area (Å²) in [6, 6.07) is 6.68. The number of benzene rings is 2. The molecule has 2 aliphatic carbocycles. The first-order valence-corrected chi connectivity index (χ1v) is 11.6. The molecule has 36 heavy (non-hydrogen) atoms. The SMILES string of the molecule is COc1cc2nccc(Oc3cc(Cl)c(NC(=O)C4(C(=O)OC5CC5)CC4)cc3F)c2cc1C(N)=O. The average Bonchev–Trinajstić information content (AvgIpc) is 3.76. The lowest BCUT2D eigenvalue weighted by atomic mass is 10.1. The molecule has 9 nitrogen and oxygen atoms in total. The summed E-state index contributed by atoms with van der Waals surface area (Å²) in [5.74, 6) is -2.47. The highest BCUT2D eigenvalue weighted by atomic mass is 35.5. The zero-order chi connectivity index (χ0) is 25.6. The molecule has 3 aromatic rings. The van der Waals surface area contributed by atoms with Gasteiger partial charge in [-0.15, -0.1) is 0 Å². The number of halogens is 2. The standard InChI is InChI=1S/C25H21ClFN3O6/c1-34-20-11-17-13(8-14(20)22(28)31)19(4-7-29-17)36-21-9-15(26)18(10-16(21)27)30-23(32)25(5-6-25)24(33)35-12-2-3-12/h4,7-12H,2-3,5-6H2,1H3,(H2,28,31)(H,30,32). The second kappa shape index (κ2) is 8.94. The Morgan fingerprint density at radius 3 is 2.53 bits per heavy atom. The third-order valence-corrected chi connectivity index (χ3v) is 6.46. The Hall–Kier alpha value is -3.92. The van der Waals surface area contributed by atoms with Crippen LogP contribution in [-0.4, -0.2) is 36.0 Å². The van der Waals surface area contributed by atoms with Gasteiger partial charge in [-0.25, -0.2) is 4.39 Å². The van der Waals surface area contributed by atoms with Gasteiger partial charge in [-0.05, 0) is 37.8 Å². The number of carbonyl (C=O) groups excluding carboxylic acids is 3. The largest absolute Gasteiger partial charge is 0.496 e. The van der Waals surface area contributed by atoms with E-state index in [2.05, 4.69) is 10.3 Å². The Labute approximate surface area is 209 Å². The number of fused-ring (bicyclic) bond motifs is 1. The summed E-state index contributed by atoms with van der Waals surface area (Å²) >= 11 is 6.31. The fraction of sp³-hybridized carbons (Fsp3) is 0.280. The lowest BCUT2D eigenvalue weighted by molar-refractivity contribution is -0.154. The highest BCUT2D eigenvalue weighted by Gasteiger charge is 2.59. The number of anilines is 1. The maximum absolute atomic E-state index is 15.0. The summed E-state index contributed by atoms with van der Waals surface area (Å²) in [5, 5.41) is 2.94. The zero-order valence-electron chi connectivity index (χ0n) is 19.1. The van der Waals surface area contributed by atoms with Crippen LogP contribution in [0, 0.1) is 11.2 Å². The third-order valence-electron chi connectivity index (χ3n) is 6.15. The molecule has 2 amide bonds. The van der Waals surface area contributed by atoms with Crippen LogP contribution in [0.3, 0.4) is 0 Å². The number of nitrogens with zero attached hydrogens (tertiary/aromatic N) is 1. The molecule has 0 radical (unpaired) electrons. The minimum absolute atomic E-state index is 0.00245. The first-order chi connectivity index (χ1) is 17.2. The smallest absolute Gasteiger partial charge is 0.321 e. The van der Waals surface area contributed by atoms with Crippen LogP contribution >= 0.6 is 11.6 Å². The summed E-state index contributed by atoms with van der Waals surface area (Å²) < 4.78 is 31.3. The second-order valence-corrected chi connectivity index (χ2v) is 9.16.